The number of nitrogens with one attached hydrogen (secondary N) is 1. The molecule has 2 rings (SSSR count). The normalized spacial score (nSPS) is 13.2. The molecule has 2 aromatic rings. The van der Waals surface area contributed by atoms with E-state index in [-0.39, 0.29) is 21.7 Å². The summed E-state index contributed by atoms with van der Waals surface area (Å²) in [6.07, 6.45) is -3.81. The molecule has 0 saturated carbocycles. The molecule has 0 spiro atoms. The molecule has 0 unspecified atom stereocenters. The third-order valence-electron chi connectivity index (χ3n) is 3.10. The largest absolute Gasteiger partial charge is 0.417 e. The van der Waals surface area contributed by atoms with E-state index in [1.807, 2.05) is 5.32 Å². The third-order valence-corrected chi connectivity index (χ3v) is 4.88. The predicted molar refractivity (Wildman–Crippen MR) is 85.2 cm³/mol. The molecule has 0 aliphatic carbocycles. The summed E-state index contributed by atoms with van der Waals surface area (Å²) < 4.78 is 39.9. The number of hydrogen-bond acceptors (Lipinski definition) is 5. The van der Waals surface area contributed by atoms with Gasteiger partial charge in [-0.1, -0.05) is 37.2 Å². The standard InChI is InChI=1S/C13H13ClF3N5O2S/c1-5(2)8(10(23)19-11(18)24)25-12-21-20-9-7(14)3-6(4-22(9)12)13(15,16)17/h3-5,8H,1-2H3,(H3,18,19,23,24)/t8-/m1/s1. The number of carbonyl (C=O) groups excluding carboxylic acids is 2. The first-order chi connectivity index (χ1) is 11.5. The lowest BCUT2D eigenvalue weighted by molar-refractivity contribution is -0.137. The van der Waals surface area contributed by atoms with Gasteiger partial charge in [-0.05, 0) is 12.0 Å². The number of nitrogens with zero attached hydrogens (tertiary/aromatic N) is 3. The van der Waals surface area contributed by atoms with Gasteiger partial charge in [0.05, 0.1) is 15.8 Å². The van der Waals surface area contributed by atoms with Crippen molar-refractivity contribution in [2.75, 3.05) is 0 Å². The van der Waals surface area contributed by atoms with E-state index in [2.05, 4.69) is 10.2 Å². The second kappa shape index (κ2) is 7.08. The zero-order valence-electron chi connectivity index (χ0n) is 13.0. The molecular weight excluding hydrogens is 383 g/mol. The van der Waals surface area contributed by atoms with Crippen LogP contribution in [0, 0.1) is 5.92 Å². The lowest BCUT2D eigenvalue weighted by Crippen LogP contribution is -2.42. The van der Waals surface area contributed by atoms with E-state index < -0.39 is 28.9 Å². The number of primary amides is 1. The van der Waals surface area contributed by atoms with Crippen molar-refractivity contribution in [1.29, 1.82) is 0 Å². The summed E-state index contributed by atoms with van der Waals surface area (Å²) in [5, 5.41) is 8.46. The quantitative estimate of drug-likeness (QED) is 0.775. The van der Waals surface area contributed by atoms with Crippen molar-refractivity contribution in [1.82, 2.24) is 19.9 Å². The van der Waals surface area contributed by atoms with Crippen LogP contribution in [0.3, 0.4) is 0 Å². The Labute approximate surface area is 149 Å². The van der Waals surface area contributed by atoms with Gasteiger partial charge in [-0.25, -0.2) is 4.79 Å². The van der Waals surface area contributed by atoms with E-state index in [4.69, 9.17) is 17.3 Å². The molecule has 0 aromatic carbocycles. The number of hydrogen-bond donors (Lipinski definition) is 2. The molecule has 25 heavy (non-hydrogen) atoms. The summed E-state index contributed by atoms with van der Waals surface area (Å²) in [6.45, 7) is 3.41. The number of aromatic nitrogens is 3. The van der Waals surface area contributed by atoms with Gasteiger partial charge in [0.15, 0.2) is 10.8 Å². The van der Waals surface area contributed by atoms with E-state index in [9.17, 15) is 22.8 Å². The van der Waals surface area contributed by atoms with E-state index in [1.165, 1.54) is 0 Å². The van der Waals surface area contributed by atoms with Crippen LogP contribution in [-0.4, -0.2) is 31.8 Å². The molecular formula is C13H13ClF3N5O2S. The molecule has 136 valence electrons. The second-order valence-electron chi connectivity index (χ2n) is 5.39. The number of thioether (sulfide) groups is 1. The summed E-state index contributed by atoms with van der Waals surface area (Å²) in [6, 6.07) is -0.274. The van der Waals surface area contributed by atoms with Gasteiger partial charge >= 0.3 is 12.2 Å². The number of pyridine rings is 1. The number of nitrogens with two attached hydrogens (primary N) is 1. The Bertz CT molecular complexity index is 824. The van der Waals surface area contributed by atoms with Crippen molar-refractivity contribution in [2.24, 2.45) is 11.7 Å². The van der Waals surface area contributed by atoms with Crippen LogP contribution in [0.25, 0.3) is 5.65 Å². The van der Waals surface area contributed by atoms with Crippen LogP contribution in [-0.2, 0) is 11.0 Å². The van der Waals surface area contributed by atoms with Crippen LogP contribution < -0.4 is 11.1 Å². The zero-order valence-corrected chi connectivity index (χ0v) is 14.5. The Balaban J connectivity index is 2.44. The first-order valence-electron chi connectivity index (χ1n) is 6.89. The first kappa shape index (κ1) is 19.3. The molecule has 7 nitrogen and oxygen atoms in total. The molecule has 12 heteroatoms. The highest BCUT2D eigenvalue weighted by Gasteiger charge is 2.33. The molecule has 2 heterocycles. The fourth-order valence-corrected chi connectivity index (χ4v) is 3.22. The Kier molecular flexibility index (Phi) is 5.47. The molecule has 0 fully saturated rings. The van der Waals surface area contributed by atoms with Crippen molar-refractivity contribution < 1.29 is 22.8 Å². The van der Waals surface area contributed by atoms with Crippen LogP contribution in [0.1, 0.15) is 19.4 Å². The minimum atomic E-state index is -4.61. The number of imide groups is 1. The van der Waals surface area contributed by atoms with E-state index in [0.29, 0.717) is 0 Å². The van der Waals surface area contributed by atoms with Gasteiger partial charge in [-0.3, -0.25) is 14.5 Å². The summed E-state index contributed by atoms with van der Waals surface area (Å²) >= 11 is 6.69. The number of fused-ring (bicyclic) bond motifs is 1. The van der Waals surface area contributed by atoms with E-state index in [0.717, 1.165) is 28.4 Å². The van der Waals surface area contributed by atoms with Gasteiger partial charge in [0.2, 0.25) is 5.91 Å². The van der Waals surface area contributed by atoms with Crippen molar-refractivity contribution >= 4 is 40.9 Å². The Hall–Kier alpha value is -2.01. The molecule has 1 atom stereocenters. The maximum absolute atomic E-state index is 13.0. The van der Waals surface area contributed by atoms with Crippen molar-refractivity contribution in [2.45, 2.75) is 30.4 Å². The Morgan fingerprint density at radius 3 is 2.52 bits per heavy atom. The van der Waals surface area contributed by atoms with Gasteiger partial charge in [0.1, 0.15) is 0 Å². The average molecular weight is 396 g/mol. The highest BCUT2D eigenvalue weighted by molar-refractivity contribution is 8.00. The Morgan fingerprint density at radius 2 is 2.00 bits per heavy atom. The molecule has 3 amide bonds. The zero-order chi connectivity index (χ0) is 18.9. The number of halogens is 4. The molecule has 0 aliphatic rings. The van der Waals surface area contributed by atoms with Gasteiger partial charge in [0, 0.05) is 6.20 Å². The number of rotatable bonds is 4. The average Bonchev–Trinajstić information content (AvgIpc) is 2.86. The van der Waals surface area contributed by atoms with Gasteiger partial charge in [-0.15, -0.1) is 10.2 Å². The topological polar surface area (TPSA) is 102 Å². The molecule has 0 radical (unpaired) electrons. The van der Waals surface area contributed by atoms with Crippen LogP contribution >= 0.6 is 23.4 Å². The first-order valence-corrected chi connectivity index (χ1v) is 8.15. The molecule has 0 saturated heterocycles. The van der Waals surface area contributed by atoms with Crippen LogP contribution in [0.15, 0.2) is 17.4 Å². The maximum atomic E-state index is 13.0. The molecule has 0 aliphatic heterocycles. The number of alkyl halides is 3. The second-order valence-corrected chi connectivity index (χ2v) is 6.90. The number of carbonyl (C=O) groups is 2. The summed E-state index contributed by atoms with van der Waals surface area (Å²) in [5.74, 6) is -0.944. The van der Waals surface area contributed by atoms with Gasteiger partial charge < -0.3 is 5.73 Å². The minimum absolute atomic E-state index is 0.0231. The van der Waals surface area contributed by atoms with Crippen LogP contribution in [0.2, 0.25) is 5.02 Å². The van der Waals surface area contributed by atoms with Crippen molar-refractivity contribution in [3.8, 4) is 0 Å². The highest BCUT2D eigenvalue weighted by Crippen LogP contribution is 2.34. The molecule has 0 bridgehead atoms. The van der Waals surface area contributed by atoms with Crippen LogP contribution in [0.5, 0.6) is 0 Å². The summed E-state index contributed by atoms with van der Waals surface area (Å²) in [5.41, 5.74) is 3.97. The van der Waals surface area contributed by atoms with Gasteiger partial charge in [0.25, 0.3) is 0 Å². The summed E-state index contributed by atoms with van der Waals surface area (Å²) in [7, 11) is 0. The molecule has 3 N–H and O–H groups in total. The fraction of sp³-hybridized carbons (Fsp3) is 0.385. The van der Waals surface area contributed by atoms with Crippen molar-refractivity contribution in [3.05, 3.63) is 22.8 Å². The predicted octanol–water partition coefficient (Wildman–Crippen LogP) is 2.71. The van der Waals surface area contributed by atoms with E-state index >= 15 is 0 Å². The van der Waals surface area contributed by atoms with Crippen LogP contribution in [0.4, 0.5) is 18.0 Å². The van der Waals surface area contributed by atoms with Crippen molar-refractivity contribution in [3.63, 3.8) is 0 Å². The maximum Gasteiger partial charge on any atom is 0.417 e. The number of amides is 3. The summed E-state index contributed by atoms with van der Waals surface area (Å²) in [4.78, 5) is 22.9. The fourth-order valence-electron chi connectivity index (χ4n) is 1.97. The minimum Gasteiger partial charge on any atom is -0.351 e. The Morgan fingerprint density at radius 1 is 1.36 bits per heavy atom. The van der Waals surface area contributed by atoms with E-state index in [1.54, 1.807) is 13.8 Å². The monoisotopic (exact) mass is 395 g/mol. The lowest BCUT2D eigenvalue weighted by Gasteiger charge is -2.17. The molecule has 2 aromatic heterocycles. The van der Waals surface area contributed by atoms with Gasteiger partial charge in [-0.2, -0.15) is 13.2 Å². The SMILES string of the molecule is CC(C)[C@@H](Sc1nnc2c(Cl)cc(C(F)(F)F)cn12)C(=O)NC(N)=O. The number of urea groups is 1. The highest BCUT2D eigenvalue weighted by atomic mass is 35.5. The lowest BCUT2D eigenvalue weighted by atomic mass is 10.1. The smallest absolute Gasteiger partial charge is 0.351 e. The third kappa shape index (κ3) is 4.34.